The molecule has 2 aliphatic carbocycles. The number of carbonyl (C=O) groups is 1. The van der Waals surface area contributed by atoms with Gasteiger partial charge in [-0.05, 0) is 114 Å². The highest BCUT2D eigenvalue weighted by atomic mass is 16.7. The summed E-state index contributed by atoms with van der Waals surface area (Å²) in [5.41, 5.74) is -1.23. The van der Waals surface area contributed by atoms with E-state index in [2.05, 4.69) is 4.98 Å². The predicted octanol–water partition coefficient (Wildman–Crippen LogP) is 4.94. The highest BCUT2D eigenvalue weighted by Crippen LogP contribution is 2.59. The molecule has 2 aliphatic heterocycles. The molecule has 1 aromatic heterocycles. The molecule has 12 heteroatoms. The maximum atomic E-state index is 14.4. The Morgan fingerprint density at radius 3 is 2.21 bits per heavy atom. The van der Waals surface area contributed by atoms with Crippen LogP contribution in [0.5, 0.6) is 11.5 Å². The lowest BCUT2D eigenvalue weighted by molar-refractivity contribution is -0.299. The average molecular weight is 768 g/mol. The van der Waals surface area contributed by atoms with E-state index in [-0.39, 0.29) is 35.4 Å². The zero-order valence-electron chi connectivity index (χ0n) is 31.1. The van der Waals surface area contributed by atoms with Crippen LogP contribution < -0.4 is 4.74 Å². The first-order valence-electron chi connectivity index (χ1n) is 19.8. The molecule has 4 aromatic carbocycles. The van der Waals surface area contributed by atoms with Crippen molar-refractivity contribution in [2.45, 2.75) is 112 Å². The van der Waals surface area contributed by atoms with Crippen molar-refractivity contribution in [3.8, 4) is 11.5 Å². The number of benzene rings is 4. The van der Waals surface area contributed by atoms with Gasteiger partial charge in [0, 0.05) is 11.3 Å². The molecule has 9 rings (SSSR count). The summed E-state index contributed by atoms with van der Waals surface area (Å²) < 4.78 is 18.5. The van der Waals surface area contributed by atoms with Crippen LogP contribution in [0.3, 0.4) is 0 Å². The van der Waals surface area contributed by atoms with E-state index in [9.17, 15) is 40.5 Å². The van der Waals surface area contributed by atoms with E-state index in [0.717, 1.165) is 52.8 Å². The van der Waals surface area contributed by atoms with Crippen LogP contribution in [0.1, 0.15) is 75.5 Å². The smallest absolute Gasteiger partial charge is 0.343 e. The van der Waals surface area contributed by atoms with Gasteiger partial charge in [-0.3, -0.25) is 0 Å². The van der Waals surface area contributed by atoms with E-state index in [0.29, 0.717) is 23.7 Å². The number of H-pyrrole nitrogens is 1. The third kappa shape index (κ3) is 5.76. The number of phenolic OH excluding ortho intramolecular Hbond substituents is 1. The lowest BCUT2D eigenvalue weighted by Gasteiger charge is -2.54. The Morgan fingerprint density at radius 1 is 0.857 bits per heavy atom. The number of carbonyl (C=O) groups excluding carboxylic acids is 1. The molecule has 3 heterocycles. The molecule has 12 nitrogen and oxygen atoms in total. The number of hydrogen-bond acceptors (Lipinski definition) is 11. The molecule has 1 spiro atoms. The summed E-state index contributed by atoms with van der Waals surface area (Å²) in [6.07, 6.45) is 1.29. The summed E-state index contributed by atoms with van der Waals surface area (Å²) in [6, 6.07) is 22.4. The topological polar surface area (TPSA) is 202 Å². The van der Waals surface area contributed by atoms with Crippen LogP contribution in [-0.2, 0) is 26.3 Å². The minimum Gasteiger partial charge on any atom is -0.508 e. The van der Waals surface area contributed by atoms with E-state index in [1.165, 1.54) is 12.8 Å². The zero-order valence-corrected chi connectivity index (χ0v) is 31.1. The van der Waals surface area contributed by atoms with Crippen LogP contribution in [0.25, 0.3) is 32.4 Å². The summed E-state index contributed by atoms with van der Waals surface area (Å²) in [6.45, 7) is -1.56. The summed E-state index contributed by atoms with van der Waals surface area (Å²) in [5.74, 6) is -4.46. The normalized spacial score (nSPS) is 29.0. The number of hydrogen-bond donors (Lipinski definition) is 8. The van der Waals surface area contributed by atoms with Crippen LogP contribution in [0.4, 0.5) is 0 Å². The largest absolute Gasteiger partial charge is 0.508 e. The second-order valence-corrected chi connectivity index (χ2v) is 16.8. The van der Waals surface area contributed by atoms with Crippen molar-refractivity contribution in [1.82, 2.24) is 4.98 Å². The molecule has 8 N–H and O–H groups in total. The molecule has 6 atom stereocenters. The van der Waals surface area contributed by atoms with Crippen molar-refractivity contribution >= 4 is 38.4 Å². The maximum Gasteiger partial charge on any atom is 0.343 e. The van der Waals surface area contributed by atoms with Crippen molar-refractivity contribution in [2.24, 2.45) is 11.3 Å². The highest BCUT2D eigenvalue weighted by Gasteiger charge is 2.70. The van der Waals surface area contributed by atoms with Crippen LogP contribution >= 0.6 is 0 Å². The van der Waals surface area contributed by atoms with Crippen molar-refractivity contribution in [3.63, 3.8) is 0 Å². The van der Waals surface area contributed by atoms with Gasteiger partial charge in [0.1, 0.15) is 24.1 Å². The molecular weight excluding hydrogens is 718 g/mol. The molecule has 296 valence electrons. The van der Waals surface area contributed by atoms with Gasteiger partial charge >= 0.3 is 5.97 Å². The summed E-state index contributed by atoms with van der Waals surface area (Å²) in [4.78, 5) is 17.5. The number of aromatic nitrogens is 1. The van der Waals surface area contributed by atoms with Crippen LogP contribution in [0, 0.1) is 11.3 Å². The molecule has 0 bridgehead atoms. The number of ether oxygens (including phenoxy) is 3. The Morgan fingerprint density at radius 2 is 1.55 bits per heavy atom. The van der Waals surface area contributed by atoms with Crippen molar-refractivity contribution < 1.29 is 54.8 Å². The first-order valence-corrected chi connectivity index (χ1v) is 19.8. The van der Waals surface area contributed by atoms with Gasteiger partial charge in [0.05, 0.1) is 29.3 Å². The van der Waals surface area contributed by atoms with Gasteiger partial charge in [0.25, 0.3) is 0 Å². The number of esters is 1. The SMILES string of the molecule is O=C(Oc1c(CO)[nH]c2ccc3cc4ccccc4cc3c12)C1OC(O)(CO)C2(O)CCC(C(C(O)O)C3(c4ccc(O)cc4)CCC4(CCCC4)CC3)OC12. The van der Waals surface area contributed by atoms with Crippen molar-refractivity contribution in [2.75, 3.05) is 6.61 Å². The van der Waals surface area contributed by atoms with E-state index in [4.69, 9.17) is 14.2 Å². The molecule has 0 amide bonds. The number of nitrogens with one attached hydrogen (secondary N) is 1. The Bertz CT molecular complexity index is 2270. The number of aliphatic hydroxyl groups excluding tert-OH is 3. The zero-order chi connectivity index (χ0) is 39.0. The molecule has 56 heavy (non-hydrogen) atoms. The second-order valence-electron chi connectivity index (χ2n) is 16.8. The minimum atomic E-state index is -2.61. The molecule has 5 aromatic rings. The van der Waals surface area contributed by atoms with Gasteiger partial charge in [0.2, 0.25) is 5.79 Å². The van der Waals surface area contributed by atoms with Gasteiger partial charge in [0.15, 0.2) is 18.1 Å². The van der Waals surface area contributed by atoms with E-state index in [1.807, 2.05) is 60.7 Å². The number of aromatic hydroxyl groups is 1. The van der Waals surface area contributed by atoms with Crippen LogP contribution in [0.2, 0.25) is 0 Å². The molecular formula is C44H49NO11. The number of rotatable bonds is 8. The first kappa shape index (κ1) is 37.5. The third-order valence-electron chi connectivity index (χ3n) is 14.0. The van der Waals surface area contributed by atoms with Gasteiger partial charge < -0.3 is 54.9 Å². The Labute approximate surface area is 323 Å². The molecule has 4 aliphatic rings. The Hall–Kier alpha value is -4.11. The second kappa shape index (κ2) is 13.8. The lowest BCUT2D eigenvalue weighted by Crippen LogP contribution is -2.64. The van der Waals surface area contributed by atoms with Gasteiger partial charge in [-0.25, -0.2) is 4.79 Å². The average Bonchev–Trinajstić information content (AvgIpc) is 3.88. The number of aromatic amines is 1. The maximum absolute atomic E-state index is 14.4. The minimum absolute atomic E-state index is 0.0464. The molecule has 6 unspecified atom stereocenters. The fourth-order valence-corrected chi connectivity index (χ4v) is 11.0. The quantitative estimate of drug-likeness (QED) is 0.0604. The fourth-order valence-electron chi connectivity index (χ4n) is 11.0. The predicted molar refractivity (Wildman–Crippen MR) is 205 cm³/mol. The van der Waals surface area contributed by atoms with Gasteiger partial charge in [-0.2, -0.15) is 0 Å². The number of aliphatic hydroxyl groups is 6. The lowest BCUT2D eigenvalue weighted by atomic mass is 9.54. The van der Waals surface area contributed by atoms with Crippen molar-refractivity contribution in [1.29, 1.82) is 0 Å². The third-order valence-corrected chi connectivity index (χ3v) is 14.0. The molecule has 2 saturated carbocycles. The summed E-state index contributed by atoms with van der Waals surface area (Å²) in [7, 11) is 0. The molecule has 2 saturated heterocycles. The summed E-state index contributed by atoms with van der Waals surface area (Å²) in [5, 5.41) is 81.5. The van der Waals surface area contributed by atoms with Crippen LogP contribution in [0.15, 0.2) is 72.8 Å². The van der Waals surface area contributed by atoms with Gasteiger partial charge in [-0.15, -0.1) is 0 Å². The summed E-state index contributed by atoms with van der Waals surface area (Å²) >= 11 is 0. The van der Waals surface area contributed by atoms with Crippen molar-refractivity contribution in [3.05, 3.63) is 84.1 Å². The fraction of sp³-hybridized carbons (Fsp3) is 0.477. The molecule has 0 radical (unpaired) electrons. The molecule has 4 fully saturated rings. The van der Waals surface area contributed by atoms with Gasteiger partial charge in [-0.1, -0.05) is 55.3 Å². The Kier molecular flexibility index (Phi) is 9.22. The number of fused-ring (bicyclic) bond motifs is 5. The van der Waals surface area contributed by atoms with E-state index >= 15 is 0 Å². The van der Waals surface area contributed by atoms with Crippen LogP contribution in [-0.4, -0.2) is 89.3 Å². The van der Waals surface area contributed by atoms with E-state index < -0.39 is 66.5 Å². The standard InChI is InChI=1S/C44H49NO11/c46-23-32-36(34-30-22-26-6-2-1-5-25(26)21-27(30)7-12-31(34)45-32)55-40(51)37-38-43(52,44(53,24-47)56-37)16-13-33(54-38)35(39(49)50)42(28-8-10-29(48)11-9-28)19-17-41(18-20-42)14-3-4-15-41/h1-2,5-12,21-22,33,35,37-39,45-50,52-53H,3-4,13-20,23-24H2. The Balaban J connectivity index is 1.08. The monoisotopic (exact) mass is 767 g/mol. The van der Waals surface area contributed by atoms with E-state index in [1.54, 1.807) is 12.1 Å². The first-order chi connectivity index (χ1) is 26.9. The highest BCUT2D eigenvalue weighted by molar-refractivity contribution is 6.14. The number of phenols is 1.